The van der Waals surface area contributed by atoms with Crippen LogP contribution in [0.4, 0.5) is 5.82 Å². The summed E-state index contributed by atoms with van der Waals surface area (Å²) < 4.78 is 0. The van der Waals surface area contributed by atoms with E-state index in [1.54, 1.807) is 18.2 Å². The van der Waals surface area contributed by atoms with Gasteiger partial charge in [-0.3, -0.25) is 0 Å². The molecule has 1 unspecified atom stereocenters. The van der Waals surface area contributed by atoms with E-state index in [0.717, 1.165) is 12.8 Å². The average Bonchev–Trinajstić information content (AvgIpc) is 2.38. The average molecular weight is 233 g/mol. The summed E-state index contributed by atoms with van der Waals surface area (Å²) >= 11 is 0. The fourth-order valence-electron chi connectivity index (χ4n) is 1.80. The number of nitrogens with one attached hydrogen (secondary N) is 1. The van der Waals surface area contributed by atoms with E-state index < -0.39 is 0 Å². The number of nitriles is 1. The van der Waals surface area contributed by atoms with Crippen molar-refractivity contribution in [2.75, 3.05) is 11.9 Å². The van der Waals surface area contributed by atoms with E-state index in [9.17, 15) is 5.11 Å². The van der Waals surface area contributed by atoms with Gasteiger partial charge in [0.05, 0.1) is 6.10 Å². The molecule has 1 rings (SSSR count). The first-order chi connectivity index (χ1) is 8.21. The van der Waals surface area contributed by atoms with Gasteiger partial charge in [0.2, 0.25) is 0 Å². The van der Waals surface area contributed by atoms with Crippen LogP contribution in [0, 0.1) is 17.2 Å². The molecule has 2 N–H and O–H groups in total. The fraction of sp³-hybridized carbons (Fsp3) is 0.538. The summed E-state index contributed by atoms with van der Waals surface area (Å²) in [5.41, 5.74) is 0.382. The Bertz CT molecular complexity index is 382. The highest BCUT2D eigenvalue weighted by atomic mass is 16.3. The van der Waals surface area contributed by atoms with Gasteiger partial charge in [0.1, 0.15) is 17.6 Å². The molecule has 0 amide bonds. The lowest BCUT2D eigenvalue weighted by Crippen LogP contribution is -2.27. The minimum absolute atomic E-state index is 0.307. The summed E-state index contributed by atoms with van der Waals surface area (Å²) in [5, 5.41) is 21.7. The quantitative estimate of drug-likeness (QED) is 0.790. The fourth-order valence-corrected chi connectivity index (χ4v) is 1.80. The van der Waals surface area contributed by atoms with E-state index in [-0.39, 0.29) is 6.10 Å². The van der Waals surface area contributed by atoms with Gasteiger partial charge < -0.3 is 10.4 Å². The van der Waals surface area contributed by atoms with Crippen LogP contribution in [0.25, 0.3) is 0 Å². The van der Waals surface area contributed by atoms with Gasteiger partial charge in [-0.1, -0.05) is 32.8 Å². The molecule has 0 spiro atoms. The normalized spacial score (nSPS) is 12.2. The predicted molar refractivity (Wildman–Crippen MR) is 67.5 cm³/mol. The number of aliphatic hydroxyl groups is 1. The molecular weight excluding hydrogens is 214 g/mol. The van der Waals surface area contributed by atoms with Crippen molar-refractivity contribution < 1.29 is 5.11 Å². The van der Waals surface area contributed by atoms with Crippen molar-refractivity contribution in [3.63, 3.8) is 0 Å². The summed E-state index contributed by atoms with van der Waals surface area (Å²) in [6.45, 7) is 4.62. The van der Waals surface area contributed by atoms with Crippen LogP contribution >= 0.6 is 0 Å². The summed E-state index contributed by atoms with van der Waals surface area (Å²) in [5.74, 6) is 0.940. The van der Waals surface area contributed by atoms with Gasteiger partial charge in [-0.15, -0.1) is 0 Å². The summed E-state index contributed by atoms with van der Waals surface area (Å²) in [6.07, 6.45) is 1.55. The zero-order valence-corrected chi connectivity index (χ0v) is 10.3. The number of aromatic nitrogens is 1. The number of nitrogens with zero attached hydrogens (tertiary/aromatic N) is 2. The van der Waals surface area contributed by atoms with Crippen molar-refractivity contribution in [1.82, 2.24) is 4.98 Å². The van der Waals surface area contributed by atoms with Gasteiger partial charge in [0, 0.05) is 6.54 Å². The van der Waals surface area contributed by atoms with Crippen LogP contribution < -0.4 is 5.32 Å². The van der Waals surface area contributed by atoms with Crippen molar-refractivity contribution in [3.05, 3.63) is 23.9 Å². The maximum absolute atomic E-state index is 9.94. The Morgan fingerprint density at radius 3 is 2.71 bits per heavy atom. The van der Waals surface area contributed by atoms with Crippen molar-refractivity contribution in [3.8, 4) is 6.07 Å². The molecule has 92 valence electrons. The standard InChI is InChI=1S/C13H19N3O/c1-3-10(4-2)12(17)9-15-13-7-5-6-11(8-14)16-13/h5-7,10,12,17H,3-4,9H2,1-2H3,(H,15,16). The van der Waals surface area contributed by atoms with Crippen LogP contribution in [-0.4, -0.2) is 22.7 Å². The molecule has 1 aromatic heterocycles. The molecule has 0 aliphatic carbocycles. The maximum atomic E-state index is 9.94. The van der Waals surface area contributed by atoms with Crippen LogP contribution in [-0.2, 0) is 0 Å². The van der Waals surface area contributed by atoms with Crippen LogP contribution in [0.1, 0.15) is 32.4 Å². The summed E-state index contributed by atoms with van der Waals surface area (Å²) in [6, 6.07) is 7.21. The van der Waals surface area contributed by atoms with Crippen molar-refractivity contribution >= 4 is 5.82 Å². The third-order valence-electron chi connectivity index (χ3n) is 2.95. The molecule has 1 heterocycles. The molecule has 1 atom stereocenters. The number of anilines is 1. The molecule has 0 saturated carbocycles. The van der Waals surface area contributed by atoms with E-state index in [0.29, 0.717) is 24.0 Å². The Morgan fingerprint density at radius 2 is 2.12 bits per heavy atom. The third kappa shape index (κ3) is 4.04. The second-order valence-electron chi connectivity index (χ2n) is 4.04. The van der Waals surface area contributed by atoms with Gasteiger partial charge in [0.15, 0.2) is 0 Å². The second kappa shape index (κ2) is 6.87. The largest absolute Gasteiger partial charge is 0.391 e. The highest BCUT2D eigenvalue weighted by molar-refractivity contribution is 5.38. The number of pyridine rings is 1. The van der Waals surface area contributed by atoms with Crippen LogP contribution in [0.3, 0.4) is 0 Å². The topological polar surface area (TPSA) is 68.9 Å². The van der Waals surface area contributed by atoms with Crippen LogP contribution in [0.2, 0.25) is 0 Å². The molecule has 4 heteroatoms. The zero-order valence-electron chi connectivity index (χ0n) is 10.3. The maximum Gasteiger partial charge on any atom is 0.142 e. The monoisotopic (exact) mass is 233 g/mol. The molecule has 0 saturated heterocycles. The highest BCUT2D eigenvalue weighted by Gasteiger charge is 2.14. The first-order valence-electron chi connectivity index (χ1n) is 6.00. The van der Waals surface area contributed by atoms with E-state index in [4.69, 9.17) is 5.26 Å². The van der Waals surface area contributed by atoms with E-state index in [1.807, 2.05) is 6.07 Å². The molecule has 0 bridgehead atoms. The number of hydrogen-bond acceptors (Lipinski definition) is 4. The Kier molecular flexibility index (Phi) is 5.44. The van der Waals surface area contributed by atoms with Gasteiger partial charge in [-0.25, -0.2) is 4.98 Å². The highest BCUT2D eigenvalue weighted by Crippen LogP contribution is 2.13. The SMILES string of the molecule is CCC(CC)C(O)CNc1cccc(C#N)n1. The lowest BCUT2D eigenvalue weighted by Gasteiger charge is -2.20. The Labute approximate surface area is 102 Å². The lowest BCUT2D eigenvalue weighted by atomic mass is 9.97. The molecule has 0 aliphatic heterocycles. The first-order valence-corrected chi connectivity index (χ1v) is 6.00. The van der Waals surface area contributed by atoms with Crippen LogP contribution in [0.15, 0.2) is 18.2 Å². The Balaban J connectivity index is 2.52. The minimum Gasteiger partial charge on any atom is -0.391 e. The number of rotatable bonds is 6. The zero-order chi connectivity index (χ0) is 12.7. The van der Waals surface area contributed by atoms with Crippen LogP contribution in [0.5, 0.6) is 0 Å². The molecule has 0 radical (unpaired) electrons. The Morgan fingerprint density at radius 1 is 1.41 bits per heavy atom. The van der Waals surface area contributed by atoms with Crippen molar-refractivity contribution in [2.24, 2.45) is 5.92 Å². The first kappa shape index (κ1) is 13.5. The predicted octanol–water partition coefficient (Wildman–Crippen LogP) is 2.16. The smallest absolute Gasteiger partial charge is 0.142 e. The molecule has 0 aromatic carbocycles. The second-order valence-corrected chi connectivity index (χ2v) is 4.04. The van der Waals surface area contributed by atoms with Gasteiger partial charge in [0.25, 0.3) is 0 Å². The van der Waals surface area contributed by atoms with E-state index in [2.05, 4.69) is 24.1 Å². The van der Waals surface area contributed by atoms with Gasteiger partial charge in [-0.05, 0) is 18.1 Å². The van der Waals surface area contributed by atoms with Gasteiger partial charge >= 0.3 is 0 Å². The molecule has 1 aromatic rings. The van der Waals surface area contributed by atoms with E-state index >= 15 is 0 Å². The van der Waals surface area contributed by atoms with Crippen molar-refractivity contribution in [2.45, 2.75) is 32.8 Å². The summed E-state index contributed by atoms with van der Waals surface area (Å²) in [7, 11) is 0. The molecular formula is C13H19N3O. The minimum atomic E-state index is -0.377. The summed E-state index contributed by atoms with van der Waals surface area (Å²) in [4.78, 5) is 4.09. The molecule has 0 aliphatic rings. The number of aliphatic hydroxyl groups excluding tert-OH is 1. The molecule has 0 fully saturated rings. The number of hydrogen-bond donors (Lipinski definition) is 2. The molecule has 17 heavy (non-hydrogen) atoms. The molecule has 4 nitrogen and oxygen atoms in total. The lowest BCUT2D eigenvalue weighted by molar-refractivity contribution is 0.114. The van der Waals surface area contributed by atoms with Gasteiger partial charge in [-0.2, -0.15) is 5.26 Å². The Hall–Kier alpha value is -1.60. The third-order valence-corrected chi connectivity index (χ3v) is 2.95. The van der Waals surface area contributed by atoms with E-state index in [1.165, 1.54) is 0 Å². The van der Waals surface area contributed by atoms with Crippen molar-refractivity contribution in [1.29, 1.82) is 5.26 Å².